The number of carbonyl (C=O) groups excluding carboxylic acids is 2. The van der Waals surface area contributed by atoms with E-state index in [4.69, 9.17) is 16.3 Å². The lowest BCUT2D eigenvalue weighted by Gasteiger charge is -2.46. The lowest BCUT2D eigenvalue weighted by atomic mass is 9.97. The van der Waals surface area contributed by atoms with Crippen molar-refractivity contribution in [2.75, 3.05) is 39.3 Å². The Bertz CT molecular complexity index is 1430. The molecule has 2 aromatic rings. The lowest BCUT2D eigenvalue weighted by Crippen LogP contribution is -2.57. The van der Waals surface area contributed by atoms with Gasteiger partial charge in [0.15, 0.2) is 5.72 Å². The molecule has 4 heterocycles. The van der Waals surface area contributed by atoms with Crippen molar-refractivity contribution in [2.45, 2.75) is 50.7 Å². The summed E-state index contributed by atoms with van der Waals surface area (Å²) in [6, 6.07) is 6.55. The van der Waals surface area contributed by atoms with Gasteiger partial charge in [0.2, 0.25) is 0 Å². The van der Waals surface area contributed by atoms with E-state index in [1.165, 1.54) is 11.0 Å². The molecule has 2 fully saturated rings. The molecule has 3 atom stereocenters. The van der Waals surface area contributed by atoms with E-state index in [-0.39, 0.29) is 36.1 Å². The average molecular weight is 633 g/mol. The molecule has 13 heteroatoms. The number of benzene rings is 1. The number of ether oxygens (including phenoxy) is 1. The lowest BCUT2D eigenvalue weighted by molar-refractivity contribution is -0.138. The Balaban J connectivity index is 1.46. The Morgan fingerprint density at radius 2 is 2.05 bits per heavy atom. The van der Waals surface area contributed by atoms with Crippen LogP contribution in [0.2, 0.25) is 5.02 Å². The second-order valence-corrected chi connectivity index (χ2v) is 11.4. The number of hydrogen-bond donors (Lipinski definition) is 3. The average Bonchev–Trinajstić information content (AvgIpc) is 3.53. The highest BCUT2D eigenvalue weighted by Gasteiger charge is 2.41. The third-order valence-corrected chi connectivity index (χ3v) is 8.43. The third kappa shape index (κ3) is 6.57. The maximum Gasteiger partial charge on any atom is 0.417 e. The number of amides is 2. The van der Waals surface area contributed by atoms with Gasteiger partial charge in [-0.3, -0.25) is 14.6 Å². The summed E-state index contributed by atoms with van der Waals surface area (Å²) in [5, 5.41) is 9.66. The molecular formula is C31H36ClF3N6O3. The van der Waals surface area contributed by atoms with Crippen LogP contribution in [0.5, 0.6) is 0 Å². The van der Waals surface area contributed by atoms with Gasteiger partial charge >= 0.3 is 6.18 Å². The van der Waals surface area contributed by atoms with Crippen molar-refractivity contribution in [1.82, 2.24) is 30.7 Å². The monoisotopic (exact) mass is 632 g/mol. The van der Waals surface area contributed by atoms with Gasteiger partial charge in [0.05, 0.1) is 16.8 Å². The Morgan fingerprint density at radius 3 is 2.70 bits per heavy atom. The van der Waals surface area contributed by atoms with Gasteiger partial charge in [-0.2, -0.15) is 13.2 Å². The van der Waals surface area contributed by atoms with Crippen LogP contribution in [-0.2, 0) is 21.4 Å². The standard InChI is InChI=1S/C31H36ClF3N6O3/c1-3-23-19-40(29(43)24-8-7-21(32)16-25(24)31(33,34)35)14-15-41(23)26-9-11-30(44-4-2,20-6-5-12-36-17-20)39-27(26)28(42)38-22-10-13-37-18-22/h5-9,11-12,16-17,22-23,37,39H,3-4,10,13-15,18-19H2,1-2H3,(H,38,42)/t22-,23+,30?/m0/s1. The smallest absolute Gasteiger partial charge is 0.363 e. The van der Waals surface area contributed by atoms with Crippen LogP contribution in [0.25, 0.3) is 0 Å². The fraction of sp³-hybridized carbons (Fsp3) is 0.452. The summed E-state index contributed by atoms with van der Waals surface area (Å²) < 4.78 is 47.6. The van der Waals surface area contributed by atoms with Gasteiger partial charge < -0.3 is 30.5 Å². The highest BCUT2D eigenvalue weighted by atomic mass is 35.5. The molecule has 9 nitrogen and oxygen atoms in total. The molecular weight excluding hydrogens is 597 g/mol. The maximum absolute atomic E-state index is 13.9. The number of rotatable bonds is 8. The first-order valence-corrected chi connectivity index (χ1v) is 15.1. The van der Waals surface area contributed by atoms with Crippen LogP contribution < -0.4 is 16.0 Å². The van der Waals surface area contributed by atoms with E-state index in [1.807, 2.05) is 37.0 Å². The highest BCUT2D eigenvalue weighted by molar-refractivity contribution is 6.30. The molecule has 3 N–H and O–H groups in total. The van der Waals surface area contributed by atoms with Crippen molar-refractivity contribution in [3.05, 3.63) is 88.0 Å². The van der Waals surface area contributed by atoms with Gasteiger partial charge in [-0.15, -0.1) is 0 Å². The Morgan fingerprint density at radius 1 is 1.23 bits per heavy atom. The van der Waals surface area contributed by atoms with Crippen LogP contribution in [0.3, 0.4) is 0 Å². The van der Waals surface area contributed by atoms with Crippen LogP contribution in [0.15, 0.2) is 66.3 Å². The number of allylic oxidation sites excluding steroid dienone is 1. The van der Waals surface area contributed by atoms with Gasteiger partial charge in [0.25, 0.3) is 11.8 Å². The molecule has 0 radical (unpaired) electrons. The Kier molecular flexibility index (Phi) is 9.52. The number of aromatic nitrogens is 1. The van der Waals surface area contributed by atoms with E-state index in [0.29, 0.717) is 37.5 Å². The number of halogens is 4. The van der Waals surface area contributed by atoms with Crippen LogP contribution in [-0.4, -0.2) is 78.0 Å². The zero-order chi connectivity index (χ0) is 31.5. The van der Waals surface area contributed by atoms with E-state index in [1.54, 1.807) is 18.5 Å². The molecule has 0 saturated carbocycles. The second kappa shape index (κ2) is 13.2. The molecule has 3 aliphatic rings. The van der Waals surface area contributed by atoms with E-state index < -0.39 is 28.9 Å². The summed E-state index contributed by atoms with van der Waals surface area (Å²) in [7, 11) is 0. The molecule has 1 unspecified atom stereocenters. The summed E-state index contributed by atoms with van der Waals surface area (Å²) in [6.07, 6.45) is 3.68. The molecule has 1 aromatic carbocycles. The number of alkyl halides is 3. The predicted molar refractivity (Wildman–Crippen MR) is 159 cm³/mol. The quantitative estimate of drug-likeness (QED) is 0.404. The first-order chi connectivity index (χ1) is 21.1. The molecule has 0 bridgehead atoms. The van der Waals surface area contributed by atoms with Crippen LogP contribution in [0.4, 0.5) is 13.2 Å². The van der Waals surface area contributed by atoms with Crippen molar-refractivity contribution in [2.24, 2.45) is 0 Å². The van der Waals surface area contributed by atoms with Gasteiger partial charge in [-0.1, -0.05) is 24.6 Å². The van der Waals surface area contributed by atoms with E-state index in [0.717, 1.165) is 30.7 Å². The number of piperazine rings is 1. The Labute approximate surface area is 259 Å². The van der Waals surface area contributed by atoms with Gasteiger partial charge in [0.1, 0.15) is 5.70 Å². The maximum atomic E-state index is 13.9. The third-order valence-electron chi connectivity index (χ3n) is 8.20. The van der Waals surface area contributed by atoms with Crippen LogP contribution >= 0.6 is 11.6 Å². The molecule has 236 valence electrons. The zero-order valence-electron chi connectivity index (χ0n) is 24.6. The number of nitrogens with one attached hydrogen (secondary N) is 3. The minimum absolute atomic E-state index is 0.0394. The number of carbonyl (C=O) groups is 2. The summed E-state index contributed by atoms with van der Waals surface area (Å²) in [5.41, 5.74) is -0.991. The minimum Gasteiger partial charge on any atom is -0.363 e. The number of dihydropyridines is 1. The SMILES string of the molecule is CCOC1(c2cccnc2)C=CC(N2CCN(C(=O)c3ccc(Cl)cc3C(F)(F)F)C[C@H]2CC)=C(C(=O)N[C@H]2CCNC2)N1. The molecule has 0 spiro atoms. The van der Waals surface area contributed by atoms with Crippen LogP contribution in [0, 0.1) is 0 Å². The number of pyridine rings is 1. The second-order valence-electron chi connectivity index (χ2n) is 11.0. The summed E-state index contributed by atoms with van der Waals surface area (Å²) in [4.78, 5) is 35.0. The van der Waals surface area contributed by atoms with E-state index in [2.05, 4.69) is 20.9 Å². The normalized spacial score (nSPS) is 24.0. The molecule has 5 rings (SSSR count). The Hall–Kier alpha value is -3.61. The van der Waals surface area contributed by atoms with Crippen molar-refractivity contribution in [1.29, 1.82) is 0 Å². The first-order valence-electron chi connectivity index (χ1n) is 14.8. The molecule has 2 amide bonds. The predicted octanol–water partition coefficient (Wildman–Crippen LogP) is 4.03. The van der Waals surface area contributed by atoms with E-state index >= 15 is 0 Å². The number of nitrogens with zero attached hydrogens (tertiary/aromatic N) is 3. The number of hydrogen-bond acceptors (Lipinski definition) is 7. The van der Waals surface area contributed by atoms with E-state index in [9.17, 15) is 22.8 Å². The van der Waals surface area contributed by atoms with Crippen molar-refractivity contribution < 1.29 is 27.5 Å². The molecule has 1 aromatic heterocycles. The fourth-order valence-electron chi connectivity index (χ4n) is 5.98. The largest absolute Gasteiger partial charge is 0.417 e. The molecule has 0 aliphatic carbocycles. The van der Waals surface area contributed by atoms with Gasteiger partial charge in [-0.05, 0) is 62.7 Å². The molecule has 3 aliphatic heterocycles. The summed E-state index contributed by atoms with van der Waals surface area (Å²) in [6.45, 7) is 6.26. The highest BCUT2D eigenvalue weighted by Crippen LogP contribution is 2.36. The zero-order valence-corrected chi connectivity index (χ0v) is 25.3. The van der Waals surface area contributed by atoms with Crippen molar-refractivity contribution >= 4 is 23.4 Å². The first kappa shape index (κ1) is 31.8. The fourth-order valence-corrected chi connectivity index (χ4v) is 6.15. The molecule has 2 saturated heterocycles. The van der Waals surface area contributed by atoms with Crippen LogP contribution in [0.1, 0.15) is 48.2 Å². The van der Waals surface area contributed by atoms with Gasteiger partial charge in [0, 0.05) is 67.8 Å². The minimum atomic E-state index is -4.73. The summed E-state index contributed by atoms with van der Waals surface area (Å²) in [5.74, 6) is -1.01. The summed E-state index contributed by atoms with van der Waals surface area (Å²) >= 11 is 5.84. The molecule has 44 heavy (non-hydrogen) atoms. The topological polar surface area (TPSA) is 98.8 Å². The van der Waals surface area contributed by atoms with Crippen molar-refractivity contribution in [3.63, 3.8) is 0 Å². The van der Waals surface area contributed by atoms with Crippen molar-refractivity contribution in [3.8, 4) is 0 Å². The van der Waals surface area contributed by atoms with Gasteiger partial charge in [-0.25, -0.2) is 0 Å².